The van der Waals surface area contributed by atoms with Crippen LogP contribution in [0.1, 0.15) is 211 Å². The topological polar surface area (TPSA) is 71.3 Å². The molecular formula is C128H124N8. The van der Waals surface area contributed by atoms with Crippen LogP contribution in [-0.4, -0.2) is 38.2 Å². The van der Waals surface area contributed by atoms with Crippen LogP contribution in [-0.2, 0) is 43.3 Å². The number of fused-ring (bicyclic) bond motifs is 16. The molecule has 136 heavy (non-hydrogen) atoms. The van der Waals surface area contributed by atoms with Gasteiger partial charge in [0, 0.05) is 125 Å². The van der Waals surface area contributed by atoms with Gasteiger partial charge in [-0.3, -0.25) is 19.9 Å². The lowest BCUT2D eigenvalue weighted by Gasteiger charge is -2.21. The van der Waals surface area contributed by atoms with E-state index in [2.05, 4.69) is 451 Å². The third kappa shape index (κ3) is 15.2. The summed E-state index contributed by atoms with van der Waals surface area (Å²) in [6.45, 7) is 55.3. The predicted molar refractivity (Wildman–Crippen MR) is 583 cm³/mol. The largest absolute Gasteiger partial charge is 0.309 e. The molecule has 22 rings (SSSR count). The van der Waals surface area contributed by atoms with E-state index in [1.807, 2.05) is 49.3 Å². The summed E-state index contributed by atoms with van der Waals surface area (Å²) in [5.74, 6) is 0. The minimum atomic E-state index is 0.0146. The van der Waals surface area contributed by atoms with Crippen LogP contribution in [0.15, 0.2) is 316 Å². The quantitative estimate of drug-likeness (QED) is 0.142. The summed E-state index contributed by atoms with van der Waals surface area (Å²) in [4.78, 5) is 19.6. The molecule has 0 aliphatic heterocycles. The third-order valence-electron chi connectivity index (χ3n) is 28.9. The van der Waals surface area contributed by atoms with Crippen molar-refractivity contribution in [2.75, 3.05) is 0 Å². The Kier molecular flexibility index (Phi) is 20.7. The summed E-state index contributed by atoms with van der Waals surface area (Å²) in [5, 5.41) is 19.4. The highest BCUT2D eigenvalue weighted by Gasteiger charge is 2.31. The van der Waals surface area contributed by atoms with Crippen molar-refractivity contribution in [2.24, 2.45) is 0 Å². The molecule has 676 valence electrons. The maximum atomic E-state index is 5.09. The van der Waals surface area contributed by atoms with Crippen molar-refractivity contribution in [3.8, 4) is 67.5 Å². The zero-order valence-electron chi connectivity index (χ0n) is 83.6. The average Bonchev–Trinajstić information content (AvgIpc) is 1.19. The van der Waals surface area contributed by atoms with Crippen molar-refractivity contribution in [2.45, 2.75) is 209 Å². The molecule has 0 aliphatic rings. The van der Waals surface area contributed by atoms with Crippen molar-refractivity contribution in [1.82, 2.24) is 38.2 Å². The second-order valence-corrected chi connectivity index (χ2v) is 46.5. The van der Waals surface area contributed by atoms with E-state index in [0.29, 0.717) is 0 Å². The molecule has 0 amide bonds. The number of rotatable bonds is 8. The zero-order valence-corrected chi connectivity index (χ0v) is 83.6. The maximum absolute atomic E-state index is 5.09. The fraction of sp³-hybridized carbons (Fsp3) is 0.250. The molecule has 0 radical (unpaired) electrons. The summed E-state index contributed by atoms with van der Waals surface area (Å²) in [7, 11) is 0. The number of aromatic nitrogens is 8. The van der Waals surface area contributed by atoms with Gasteiger partial charge >= 0.3 is 0 Å². The van der Waals surface area contributed by atoms with Gasteiger partial charge in [0.05, 0.1) is 55.5 Å². The summed E-state index contributed by atoms with van der Waals surface area (Å²) in [6, 6.07) is 106. The SMILES string of the molecule is CC(C)(C)c1ccc2c(c1)c1cc(C(C)(C)C)ccc1n2-c1ccc2c(-c3ccccn3)c3cc(-n4c5ccc(C(C)(C)C)cc5c5cc(C(C)(C)C)ccc54)ccc3c(-c3ccccn3)c2c1.CC(C)(C)c1ccc2c(c1)c1cc(C(C)(C)C)ccc1n2-c1ccc2c(-c3cccnc3)c3cc(-n4c5ccc(C(C)(C)C)cc5c5cc(C(C)(C)C)ccc54)ccc3c(-c3cccnc3)c2c1. The Morgan fingerprint density at radius 2 is 0.375 bits per heavy atom. The van der Waals surface area contributed by atoms with Crippen LogP contribution in [0.25, 0.3) is 198 Å². The van der Waals surface area contributed by atoms with Crippen LogP contribution in [0.2, 0.25) is 0 Å². The molecule has 8 heterocycles. The summed E-state index contributed by atoms with van der Waals surface area (Å²) < 4.78 is 9.89. The highest BCUT2D eigenvalue weighted by Crippen LogP contribution is 2.52. The molecule has 8 aromatic heterocycles. The molecule has 0 saturated heterocycles. The Morgan fingerprint density at radius 1 is 0.169 bits per heavy atom. The van der Waals surface area contributed by atoms with Gasteiger partial charge < -0.3 is 18.3 Å². The lowest BCUT2D eigenvalue weighted by atomic mass is 9.85. The maximum Gasteiger partial charge on any atom is 0.0714 e. The van der Waals surface area contributed by atoms with Crippen LogP contribution < -0.4 is 0 Å². The van der Waals surface area contributed by atoms with Crippen molar-refractivity contribution in [3.05, 3.63) is 361 Å². The molecule has 0 aliphatic carbocycles. The molecular weight excluding hydrogens is 1650 g/mol. The lowest BCUT2D eigenvalue weighted by Crippen LogP contribution is -2.10. The zero-order chi connectivity index (χ0) is 95.3. The number of benzene rings is 14. The van der Waals surface area contributed by atoms with Crippen molar-refractivity contribution >= 4 is 130 Å². The lowest BCUT2D eigenvalue weighted by molar-refractivity contribution is 0.590. The summed E-state index contributed by atoms with van der Waals surface area (Å²) in [5.41, 5.74) is 33.5. The normalized spacial score (nSPS) is 13.0. The van der Waals surface area contributed by atoms with E-state index in [1.165, 1.54) is 164 Å². The Bertz CT molecular complexity index is 7310. The summed E-state index contributed by atoms with van der Waals surface area (Å²) in [6.07, 6.45) is 11.6. The Labute approximate surface area is 800 Å². The van der Waals surface area contributed by atoms with Crippen LogP contribution in [0.4, 0.5) is 0 Å². The Hall–Kier alpha value is -14.1. The van der Waals surface area contributed by atoms with Crippen LogP contribution >= 0.6 is 0 Å². The van der Waals surface area contributed by atoms with Gasteiger partial charge in [0.15, 0.2) is 0 Å². The van der Waals surface area contributed by atoms with E-state index in [-0.39, 0.29) is 43.3 Å². The first-order valence-corrected chi connectivity index (χ1v) is 48.6. The van der Waals surface area contributed by atoms with E-state index < -0.39 is 0 Å². The number of nitrogens with zero attached hydrogens (tertiary/aromatic N) is 8. The van der Waals surface area contributed by atoms with Gasteiger partial charge in [-0.15, -0.1) is 0 Å². The summed E-state index contributed by atoms with van der Waals surface area (Å²) >= 11 is 0. The second kappa shape index (κ2) is 31.8. The van der Waals surface area contributed by atoms with Crippen LogP contribution in [0, 0.1) is 0 Å². The average molecular weight is 1770 g/mol. The van der Waals surface area contributed by atoms with Gasteiger partial charge in [-0.25, -0.2) is 0 Å². The first-order valence-electron chi connectivity index (χ1n) is 48.6. The Morgan fingerprint density at radius 3 is 0.559 bits per heavy atom. The van der Waals surface area contributed by atoms with E-state index in [0.717, 1.165) is 77.9 Å². The predicted octanol–water partition coefficient (Wildman–Crippen LogP) is 35.0. The molecule has 0 bridgehead atoms. The molecule has 22 aromatic rings. The number of pyridine rings is 4. The molecule has 8 heteroatoms. The van der Waals surface area contributed by atoms with Crippen molar-refractivity contribution in [1.29, 1.82) is 0 Å². The van der Waals surface area contributed by atoms with Crippen molar-refractivity contribution in [3.63, 3.8) is 0 Å². The minimum Gasteiger partial charge on any atom is -0.309 e. The highest BCUT2D eigenvalue weighted by atomic mass is 15.0. The smallest absolute Gasteiger partial charge is 0.0714 e. The van der Waals surface area contributed by atoms with Crippen LogP contribution in [0.5, 0.6) is 0 Å². The van der Waals surface area contributed by atoms with Gasteiger partial charge in [0.2, 0.25) is 0 Å². The second-order valence-electron chi connectivity index (χ2n) is 46.5. The monoisotopic (exact) mass is 1770 g/mol. The molecule has 0 fully saturated rings. The van der Waals surface area contributed by atoms with Crippen LogP contribution in [0.3, 0.4) is 0 Å². The van der Waals surface area contributed by atoms with Gasteiger partial charge in [0.25, 0.3) is 0 Å². The molecule has 0 spiro atoms. The van der Waals surface area contributed by atoms with Gasteiger partial charge in [0.1, 0.15) is 0 Å². The molecule has 14 aromatic carbocycles. The molecule has 8 nitrogen and oxygen atoms in total. The standard InChI is InChI=1S/2C64H62N4/c1-61(2,3)41-17-25-55-49(31-41)50-32-42(62(4,5)6)18-26-56(50)67(55)45-21-23-47-53(35-45)59(39-15-13-29-65-37-39)48-24-22-46(36-54(48)60(47)40-16-14-30-66-38-40)68-57-27-19-43(63(7,8)9)33-51(57)52-34-44(64(10,11)12)20-28-58(52)68;1-61(2,3)39-19-27-55-47(33-39)48-34-40(62(4,5)6)20-28-56(48)67(55)43-23-25-45-51(37-43)59(53-17-13-15-31-65-53)46-26-24-44(38-52(46)60(45)54-18-14-16-32-66-54)68-57-29-21-41(63(7,8)9)35-49(57)50-36-42(64(10,11)12)22-30-58(50)68/h2*13-38H,1-12H3. The first-order chi connectivity index (χ1) is 64.5. The van der Waals surface area contributed by atoms with E-state index in [9.17, 15) is 0 Å². The minimum absolute atomic E-state index is 0.0146. The molecule has 0 saturated carbocycles. The fourth-order valence-corrected chi connectivity index (χ4v) is 21.1. The van der Waals surface area contributed by atoms with E-state index in [4.69, 9.17) is 19.9 Å². The van der Waals surface area contributed by atoms with Gasteiger partial charge in [-0.1, -0.05) is 263 Å². The number of hydrogen-bond donors (Lipinski definition) is 0. The third-order valence-corrected chi connectivity index (χ3v) is 28.9. The molecule has 0 unspecified atom stereocenters. The fourth-order valence-electron chi connectivity index (χ4n) is 21.1. The van der Waals surface area contributed by atoms with E-state index >= 15 is 0 Å². The Balaban J connectivity index is 0.000000163. The first kappa shape index (κ1) is 88.5. The highest BCUT2D eigenvalue weighted by molar-refractivity contribution is 6.25. The van der Waals surface area contributed by atoms with E-state index in [1.54, 1.807) is 0 Å². The number of hydrogen-bond acceptors (Lipinski definition) is 4. The van der Waals surface area contributed by atoms with Crippen molar-refractivity contribution < 1.29 is 0 Å². The molecule has 0 atom stereocenters. The van der Waals surface area contributed by atoms with Gasteiger partial charge in [-0.05, 0) is 324 Å². The molecule has 0 N–H and O–H groups in total. The van der Waals surface area contributed by atoms with Gasteiger partial charge in [-0.2, -0.15) is 0 Å².